The van der Waals surface area contributed by atoms with Crippen LogP contribution in [0.5, 0.6) is 0 Å². The fourth-order valence-corrected chi connectivity index (χ4v) is 4.53. The van der Waals surface area contributed by atoms with Crippen LogP contribution < -0.4 is 9.62 Å². The predicted molar refractivity (Wildman–Crippen MR) is 99.2 cm³/mol. The average molecular weight is 370 g/mol. The summed E-state index contributed by atoms with van der Waals surface area (Å²) >= 11 is 0. The van der Waals surface area contributed by atoms with Crippen molar-refractivity contribution in [2.75, 3.05) is 23.7 Å². The lowest BCUT2D eigenvalue weighted by atomic mass is 10.0. The first-order chi connectivity index (χ1) is 12.6. The van der Waals surface area contributed by atoms with Crippen LogP contribution in [0.2, 0.25) is 0 Å². The molecule has 0 saturated carbocycles. The van der Waals surface area contributed by atoms with Gasteiger partial charge in [0.1, 0.15) is 5.65 Å². The molecule has 4 rings (SSSR count). The molecule has 4 heterocycles. The maximum absolute atomic E-state index is 11.9. The molecule has 3 aromatic heterocycles. The highest BCUT2D eigenvalue weighted by atomic mass is 32.2. The van der Waals surface area contributed by atoms with Gasteiger partial charge in [-0.25, -0.2) is 18.1 Å². The fraction of sp³-hybridized carbons (Fsp3) is 0.353. The van der Waals surface area contributed by atoms with E-state index in [0.29, 0.717) is 6.54 Å². The number of pyridine rings is 2. The summed E-state index contributed by atoms with van der Waals surface area (Å²) < 4.78 is 26.5. The van der Waals surface area contributed by atoms with Crippen LogP contribution in [0, 0.1) is 11.3 Å². The van der Waals surface area contributed by atoms with Crippen molar-refractivity contribution in [1.29, 1.82) is 5.26 Å². The first-order valence-corrected chi connectivity index (χ1v) is 10.0. The molecule has 9 heteroatoms. The van der Waals surface area contributed by atoms with Crippen molar-refractivity contribution >= 4 is 37.5 Å². The summed E-state index contributed by atoms with van der Waals surface area (Å²) in [5.41, 5.74) is 1.78. The number of nitrogens with zero attached hydrogens (tertiary/aromatic N) is 4. The number of aromatic amines is 1. The van der Waals surface area contributed by atoms with Crippen LogP contribution in [0.1, 0.15) is 12.8 Å². The lowest BCUT2D eigenvalue weighted by Gasteiger charge is -2.35. The Bertz CT molecular complexity index is 1100. The Kier molecular flexibility index (Phi) is 4.22. The first-order valence-electron chi connectivity index (χ1n) is 8.39. The van der Waals surface area contributed by atoms with E-state index in [2.05, 4.69) is 24.6 Å². The van der Waals surface area contributed by atoms with Crippen LogP contribution in [0.3, 0.4) is 0 Å². The number of nitriles is 1. The quantitative estimate of drug-likeness (QED) is 0.720. The Morgan fingerprint density at radius 1 is 1.38 bits per heavy atom. The second kappa shape index (κ2) is 6.55. The van der Waals surface area contributed by atoms with Crippen molar-refractivity contribution in [3.8, 4) is 6.07 Å². The van der Waals surface area contributed by atoms with Gasteiger partial charge in [0.2, 0.25) is 10.0 Å². The maximum atomic E-state index is 11.9. The molecule has 3 aromatic rings. The molecule has 134 valence electrons. The summed E-state index contributed by atoms with van der Waals surface area (Å²) in [5, 5.41) is 11.7. The van der Waals surface area contributed by atoms with Gasteiger partial charge in [0.25, 0.3) is 0 Å². The number of sulfonamides is 1. The van der Waals surface area contributed by atoms with Crippen molar-refractivity contribution in [3.63, 3.8) is 0 Å². The van der Waals surface area contributed by atoms with Gasteiger partial charge in [0, 0.05) is 53.9 Å². The third-order valence-electron chi connectivity index (χ3n) is 4.65. The number of hydrogen-bond acceptors (Lipinski definition) is 6. The van der Waals surface area contributed by atoms with E-state index >= 15 is 0 Å². The summed E-state index contributed by atoms with van der Waals surface area (Å²) in [6, 6.07) is 3.47. The number of rotatable bonds is 4. The molecule has 1 fully saturated rings. The van der Waals surface area contributed by atoms with E-state index in [1.165, 1.54) is 0 Å². The van der Waals surface area contributed by atoms with Gasteiger partial charge in [-0.2, -0.15) is 5.26 Å². The number of anilines is 1. The number of nitrogens with one attached hydrogen (secondary N) is 2. The Morgan fingerprint density at radius 2 is 2.27 bits per heavy atom. The molecule has 26 heavy (non-hydrogen) atoms. The number of aromatic nitrogens is 3. The van der Waals surface area contributed by atoms with Gasteiger partial charge in [0.15, 0.2) is 5.75 Å². The average Bonchev–Trinajstić information content (AvgIpc) is 3.10. The summed E-state index contributed by atoms with van der Waals surface area (Å²) in [6.45, 7) is 1.37. The fourth-order valence-electron chi connectivity index (χ4n) is 3.57. The minimum atomic E-state index is -3.57. The highest BCUT2D eigenvalue weighted by Gasteiger charge is 2.25. The molecule has 2 N–H and O–H groups in total. The molecule has 8 nitrogen and oxygen atoms in total. The monoisotopic (exact) mass is 370 g/mol. The summed E-state index contributed by atoms with van der Waals surface area (Å²) in [6.07, 6.45) is 8.87. The number of piperidine rings is 1. The van der Waals surface area contributed by atoms with Gasteiger partial charge < -0.3 is 9.88 Å². The van der Waals surface area contributed by atoms with Gasteiger partial charge in [-0.05, 0) is 18.9 Å². The Morgan fingerprint density at radius 3 is 3.12 bits per heavy atom. The van der Waals surface area contributed by atoms with Crippen LogP contribution in [-0.4, -0.2) is 48.3 Å². The molecular weight excluding hydrogens is 352 g/mol. The van der Waals surface area contributed by atoms with E-state index in [1.807, 2.05) is 18.5 Å². The molecule has 0 radical (unpaired) electrons. The van der Waals surface area contributed by atoms with E-state index in [-0.39, 0.29) is 6.04 Å². The normalized spacial score (nSPS) is 18.3. The Labute approximate surface area is 150 Å². The van der Waals surface area contributed by atoms with Gasteiger partial charge in [-0.3, -0.25) is 4.98 Å². The molecule has 0 aromatic carbocycles. The summed E-state index contributed by atoms with van der Waals surface area (Å²) in [7, 11) is -3.57. The lowest BCUT2D eigenvalue weighted by Crippen LogP contribution is -2.48. The van der Waals surface area contributed by atoms with Crippen LogP contribution in [0.25, 0.3) is 21.8 Å². The third-order valence-corrected chi connectivity index (χ3v) is 5.85. The predicted octanol–water partition coefficient (Wildman–Crippen LogP) is 1.52. The maximum Gasteiger partial charge on any atom is 0.225 e. The highest BCUT2D eigenvalue weighted by Crippen LogP contribution is 2.32. The van der Waals surface area contributed by atoms with Crippen molar-refractivity contribution in [1.82, 2.24) is 19.7 Å². The molecular formula is C17H18N6O2S. The highest BCUT2D eigenvalue weighted by molar-refractivity contribution is 7.89. The molecule has 0 bridgehead atoms. The second-order valence-corrected chi connectivity index (χ2v) is 8.20. The molecule has 1 aliphatic rings. The van der Waals surface area contributed by atoms with Crippen LogP contribution >= 0.6 is 0 Å². The van der Waals surface area contributed by atoms with Crippen LogP contribution in [0.4, 0.5) is 5.69 Å². The zero-order valence-electron chi connectivity index (χ0n) is 14.0. The van der Waals surface area contributed by atoms with E-state index in [0.717, 1.165) is 46.9 Å². The molecule has 0 aliphatic carbocycles. The SMILES string of the molecule is N#CCS(=O)(=O)NC1CCCN(c2cncc3cnc4[nH]ccc4c23)C1. The molecule has 0 spiro atoms. The number of H-pyrrole nitrogens is 1. The van der Waals surface area contributed by atoms with Gasteiger partial charge in [-0.1, -0.05) is 0 Å². The van der Waals surface area contributed by atoms with Gasteiger partial charge in [0.05, 0.1) is 18.0 Å². The largest absolute Gasteiger partial charge is 0.368 e. The zero-order valence-corrected chi connectivity index (χ0v) is 14.8. The summed E-state index contributed by atoms with van der Waals surface area (Å²) in [5.74, 6) is -0.519. The van der Waals surface area contributed by atoms with E-state index < -0.39 is 15.8 Å². The lowest BCUT2D eigenvalue weighted by molar-refractivity contribution is 0.467. The van der Waals surface area contributed by atoms with Crippen molar-refractivity contribution < 1.29 is 8.42 Å². The smallest absolute Gasteiger partial charge is 0.225 e. The Balaban J connectivity index is 1.69. The zero-order chi connectivity index (χ0) is 18.1. The second-order valence-electron chi connectivity index (χ2n) is 6.44. The van der Waals surface area contributed by atoms with Crippen molar-refractivity contribution in [2.24, 2.45) is 0 Å². The van der Waals surface area contributed by atoms with E-state index in [4.69, 9.17) is 5.26 Å². The molecule has 1 saturated heterocycles. The van der Waals surface area contributed by atoms with Crippen LogP contribution in [-0.2, 0) is 10.0 Å². The number of fused-ring (bicyclic) bond motifs is 3. The standard InChI is InChI=1S/C17H18N6O2S/c18-4-7-26(24,25)22-13-2-1-6-23(11-13)15-10-19-8-12-9-21-17-14(16(12)15)3-5-20-17/h3,5,8-10,13,22H,1-2,6-7,11H2,(H,20,21). The van der Waals surface area contributed by atoms with Gasteiger partial charge in [-0.15, -0.1) is 0 Å². The van der Waals surface area contributed by atoms with E-state index in [1.54, 1.807) is 18.5 Å². The number of hydrogen-bond donors (Lipinski definition) is 2. The van der Waals surface area contributed by atoms with E-state index in [9.17, 15) is 8.42 Å². The van der Waals surface area contributed by atoms with Crippen molar-refractivity contribution in [2.45, 2.75) is 18.9 Å². The first kappa shape index (κ1) is 16.8. The summed E-state index contributed by atoms with van der Waals surface area (Å²) in [4.78, 5) is 14.0. The minimum Gasteiger partial charge on any atom is -0.368 e. The van der Waals surface area contributed by atoms with Gasteiger partial charge >= 0.3 is 0 Å². The van der Waals surface area contributed by atoms with Crippen molar-refractivity contribution in [3.05, 3.63) is 30.9 Å². The molecule has 1 unspecified atom stereocenters. The third kappa shape index (κ3) is 3.09. The Hall–Kier alpha value is -2.70. The molecule has 1 atom stereocenters. The topological polar surface area (TPSA) is 115 Å². The molecule has 0 amide bonds. The minimum absolute atomic E-state index is 0.221. The molecule has 1 aliphatic heterocycles. The van der Waals surface area contributed by atoms with Crippen LogP contribution in [0.15, 0.2) is 30.9 Å².